The van der Waals surface area contributed by atoms with Crippen LogP contribution in [0.3, 0.4) is 0 Å². The number of rotatable bonds is 4. The number of esters is 1. The second-order valence-electron chi connectivity index (χ2n) is 10.2. The third-order valence-corrected chi connectivity index (χ3v) is 6.39. The van der Waals surface area contributed by atoms with Crippen LogP contribution in [-0.2, 0) is 37.3 Å². The molecular weight excluding hydrogens is 470 g/mol. The molecule has 2 heterocycles. The number of sulfone groups is 1. The molecule has 1 aromatic carbocycles. The van der Waals surface area contributed by atoms with Gasteiger partial charge in [0.1, 0.15) is 18.0 Å². The number of aromatic nitrogens is 2. The largest absolute Gasteiger partial charge is 0.461 e. The van der Waals surface area contributed by atoms with Gasteiger partial charge in [-0.3, -0.25) is 9.69 Å². The van der Waals surface area contributed by atoms with Gasteiger partial charge in [0.15, 0.2) is 9.84 Å². The lowest BCUT2D eigenvalue weighted by atomic mass is 10.0. The molecule has 0 bridgehead atoms. The predicted octanol–water partition coefficient (Wildman–Crippen LogP) is 4.87. The number of amides is 1. The van der Waals surface area contributed by atoms with E-state index in [1.54, 1.807) is 17.0 Å². The predicted molar refractivity (Wildman–Crippen MR) is 135 cm³/mol. The monoisotopic (exact) mass is 509 g/mol. The number of imidazole rings is 1. The van der Waals surface area contributed by atoms with Crippen molar-refractivity contribution in [1.82, 2.24) is 14.5 Å². The Morgan fingerprint density at radius 3 is 2.26 bits per heavy atom. The lowest BCUT2D eigenvalue weighted by molar-refractivity contribution is -0.142. The van der Waals surface area contributed by atoms with Gasteiger partial charge < -0.3 is 14.0 Å². The standard InChI is InChI=1S/C22H31N3O6S.C3H8/c1-13(2)19-20-23-16-10-15(12-30-14(3)26)18(32(7,28)29)11-17(16)24(20)8-9-25(19)21(27)31-22(4,5)6;1-3-2/h10-11,13,19H,8-9,12H2,1-7H3;3H2,1-2H3. The van der Waals surface area contributed by atoms with Crippen LogP contribution in [0.5, 0.6) is 0 Å². The van der Waals surface area contributed by atoms with Gasteiger partial charge in [0.05, 0.1) is 22.0 Å². The van der Waals surface area contributed by atoms with Crippen LogP contribution in [0.4, 0.5) is 4.79 Å². The van der Waals surface area contributed by atoms with Gasteiger partial charge in [-0.15, -0.1) is 0 Å². The highest BCUT2D eigenvalue weighted by atomic mass is 32.2. The zero-order valence-corrected chi connectivity index (χ0v) is 23.2. The molecule has 1 amide bonds. The summed E-state index contributed by atoms with van der Waals surface area (Å²) in [6.07, 6.45) is 1.97. The third-order valence-electron chi connectivity index (χ3n) is 5.21. The van der Waals surface area contributed by atoms with Crippen molar-refractivity contribution in [2.75, 3.05) is 12.8 Å². The zero-order valence-electron chi connectivity index (χ0n) is 22.3. The fourth-order valence-corrected chi connectivity index (χ4v) is 4.90. The Kier molecular flexibility index (Phi) is 8.97. The summed E-state index contributed by atoms with van der Waals surface area (Å²) < 4.78 is 37.5. The van der Waals surface area contributed by atoms with Crippen molar-refractivity contribution in [2.24, 2.45) is 5.92 Å². The Bertz CT molecular complexity index is 1180. The van der Waals surface area contributed by atoms with Crippen molar-refractivity contribution < 1.29 is 27.5 Å². The lowest BCUT2D eigenvalue weighted by Crippen LogP contribution is -2.46. The number of fused-ring (bicyclic) bond motifs is 3. The smallest absolute Gasteiger partial charge is 0.410 e. The molecule has 0 N–H and O–H groups in total. The van der Waals surface area contributed by atoms with Crippen molar-refractivity contribution in [3.63, 3.8) is 0 Å². The number of carbonyl (C=O) groups excluding carboxylic acids is 2. The zero-order chi connectivity index (χ0) is 26.7. The van der Waals surface area contributed by atoms with Crippen molar-refractivity contribution in [2.45, 2.75) is 91.5 Å². The molecule has 9 nitrogen and oxygen atoms in total. The minimum absolute atomic E-state index is 0.0493. The molecule has 0 aliphatic carbocycles. The van der Waals surface area contributed by atoms with Crippen molar-refractivity contribution >= 4 is 32.9 Å². The summed E-state index contributed by atoms with van der Waals surface area (Å²) >= 11 is 0. The molecular formula is C25H39N3O6S. The molecule has 196 valence electrons. The first kappa shape index (κ1) is 28.6. The maximum Gasteiger partial charge on any atom is 0.410 e. The number of hydrogen-bond acceptors (Lipinski definition) is 7. The first-order valence-corrected chi connectivity index (χ1v) is 13.9. The van der Waals surface area contributed by atoms with Crippen LogP contribution in [0.25, 0.3) is 11.0 Å². The van der Waals surface area contributed by atoms with Crippen molar-refractivity contribution in [3.8, 4) is 0 Å². The highest BCUT2D eigenvalue weighted by molar-refractivity contribution is 7.90. The average Bonchev–Trinajstić information content (AvgIpc) is 3.06. The maximum atomic E-state index is 12.9. The van der Waals surface area contributed by atoms with Crippen LogP contribution >= 0.6 is 0 Å². The van der Waals surface area contributed by atoms with E-state index < -0.39 is 27.5 Å². The summed E-state index contributed by atoms with van der Waals surface area (Å²) in [5.74, 6) is 0.228. The molecule has 2 aromatic rings. The van der Waals surface area contributed by atoms with Crippen LogP contribution in [0, 0.1) is 5.92 Å². The number of carbonyl (C=O) groups is 2. The van der Waals surface area contributed by atoms with E-state index in [4.69, 9.17) is 14.5 Å². The van der Waals surface area contributed by atoms with Gasteiger partial charge in [-0.05, 0) is 38.8 Å². The van der Waals surface area contributed by atoms with E-state index in [1.807, 2.05) is 39.2 Å². The molecule has 0 saturated carbocycles. The minimum atomic E-state index is -3.57. The Morgan fingerprint density at radius 2 is 1.77 bits per heavy atom. The molecule has 0 fully saturated rings. The summed E-state index contributed by atoms with van der Waals surface area (Å²) in [6.45, 7) is 15.7. The average molecular weight is 510 g/mol. The first-order valence-electron chi connectivity index (χ1n) is 12.0. The third kappa shape index (κ3) is 6.96. The number of nitrogens with zero attached hydrogens (tertiary/aromatic N) is 3. The van der Waals surface area contributed by atoms with Gasteiger partial charge >= 0.3 is 12.1 Å². The number of benzene rings is 1. The van der Waals surface area contributed by atoms with Crippen molar-refractivity contribution in [3.05, 3.63) is 23.5 Å². The molecule has 1 aromatic heterocycles. The van der Waals surface area contributed by atoms with Gasteiger partial charge in [0, 0.05) is 31.8 Å². The van der Waals surface area contributed by atoms with Crippen LogP contribution in [0.2, 0.25) is 0 Å². The van der Waals surface area contributed by atoms with Crippen LogP contribution in [0.1, 0.15) is 79.2 Å². The van der Waals surface area contributed by atoms with Gasteiger partial charge in [-0.2, -0.15) is 0 Å². The summed E-state index contributed by atoms with van der Waals surface area (Å²) in [5.41, 5.74) is 1.01. The van der Waals surface area contributed by atoms with Crippen LogP contribution < -0.4 is 0 Å². The lowest BCUT2D eigenvalue weighted by Gasteiger charge is -2.38. The molecule has 0 saturated heterocycles. The molecule has 1 aliphatic rings. The minimum Gasteiger partial charge on any atom is -0.461 e. The van der Waals surface area contributed by atoms with Gasteiger partial charge in [-0.1, -0.05) is 34.1 Å². The second kappa shape index (κ2) is 11.0. The summed E-state index contributed by atoms with van der Waals surface area (Å²) in [4.78, 5) is 30.7. The van der Waals surface area contributed by atoms with E-state index in [-0.39, 0.29) is 23.5 Å². The van der Waals surface area contributed by atoms with E-state index in [1.165, 1.54) is 13.3 Å². The van der Waals surface area contributed by atoms with Gasteiger partial charge in [0.25, 0.3) is 0 Å². The fraction of sp³-hybridized carbons (Fsp3) is 0.640. The van der Waals surface area contributed by atoms with Gasteiger partial charge in [0.2, 0.25) is 0 Å². The highest BCUT2D eigenvalue weighted by Crippen LogP contribution is 2.36. The van der Waals surface area contributed by atoms with Crippen molar-refractivity contribution in [1.29, 1.82) is 0 Å². The highest BCUT2D eigenvalue weighted by Gasteiger charge is 2.38. The maximum absolute atomic E-state index is 12.9. The molecule has 3 rings (SSSR count). The SMILES string of the molecule is CC(=O)OCc1cc2nc3n(c2cc1S(C)(=O)=O)CCN(C(=O)OC(C)(C)C)C3C(C)C.CCC. The molecule has 10 heteroatoms. The summed E-state index contributed by atoms with van der Waals surface area (Å²) in [7, 11) is -3.57. The summed E-state index contributed by atoms with van der Waals surface area (Å²) in [5, 5.41) is 0. The van der Waals surface area contributed by atoms with E-state index in [0.717, 1.165) is 6.26 Å². The van der Waals surface area contributed by atoms with Crippen LogP contribution in [-0.4, -0.2) is 53.3 Å². The van der Waals surface area contributed by atoms with E-state index in [0.29, 0.717) is 35.5 Å². The Morgan fingerprint density at radius 1 is 1.17 bits per heavy atom. The molecule has 1 atom stereocenters. The summed E-state index contributed by atoms with van der Waals surface area (Å²) in [6, 6.07) is 2.90. The molecule has 1 aliphatic heterocycles. The van der Waals surface area contributed by atoms with Crippen LogP contribution in [0.15, 0.2) is 17.0 Å². The second-order valence-corrected chi connectivity index (χ2v) is 12.2. The van der Waals surface area contributed by atoms with E-state index >= 15 is 0 Å². The van der Waals surface area contributed by atoms with E-state index in [9.17, 15) is 18.0 Å². The normalized spacial score (nSPS) is 15.9. The molecule has 35 heavy (non-hydrogen) atoms. The topological polar surface area (TPSA) is 108 Å². The number of hydrogen-bond donors (Lipinski definition) is 0. The molecule has 0 radical (unpaired) electrons. The van der Waals surface area contributed by atoms with E-state index in [2.05, 4.69) is 13.8 Å². The fourth-order valence-electron chi connectivity index (χ4n) is 3.98. The van der Waals surface area contributed by atoms with Gasteiger partial charge in [-0.25, -0.2) is 18.2 Å². The quantitative estimate of drug-likeness (QED) is 0.541. The Balaban J connectivity index is 0.00000137. The molecule has 0 spiro atoms. The number of ether oxygens (including phenoxy) is 2. The molecule has 1 unspecified atom stereocenters. The Labute approximate surface area is 208 Å². The first-order chi connectivity index (χ1) is 16.1. The Hall–Kier alpha value is -2.62.